The maximum absolute atomic E-state index is 12.7. The molecule has 3 N–H and O–H groups in total. The van der Waals surface area contributed by atoms with E-state index in [2.05, 4.69) is 5.43 Å². The summed E-state index contributed by atoms with van der Waals surface area (Å²) in [5, 5.41) is 0. The standard InChI is InChI=1S/C14H17N3O2S/c1-11-7-3-5-9-13(11)17(2)20(18,19)14-10-6-4-8-12(14)16-15/h3-10,16H,15H2,1-2H3. The number of hydrazine groups is 1. The minimum absolute atomic E-state index is 0.147. The van der Waals surface area contributed by atoms with Crippen LogP contribution in [0.5, 0.6) is 0 Å². The highest BCUT2D eigenvalue weighted by Gasteiger charge is 2.24. The maximum atomic E-state index is 12.7. The summed E-state index contributed by atoms with van der Waals surface area (Å²) in [5.74, 6) is 5.38. The molecule has 0 bridgehead atoms. The van der Waals surface area contributed by atoms with Crippen LogP contribution in [0.1, 0.15) is 5.56 Å². The van der Waals surface area contributed by atoms with Gasteiger partial charge in [-0.2, -0.15) is 0 Å². The predicted octanol–water partition coefficient (Wildman–Crippen LogP) is 2.11. The average molecular weight is 291 g/mol. The molecule has 2 aromatic rings. The molecule has 6 heteroatoms. The minimum Gasteiger partial charge on any atom is -0.323 e. The molecule has 0 fully saturated rings. The van der Waals surface area contributed by atoms with Crippen molar-refractivity contribution in [2.75, 3.05) is 16.8 Å². The summed E-state index contributed by atoms with van der Waals surface area (Å²) >= 11 is 0. The molecule has 5 nitrogen and oxygen atoms in total. The third-order valence-corrected chi connectivity index (χ3v) is 4.97. The first-order valence-electron chi connectivity index (χ1n) is 6.08. The van der Waals surface area contributed by atoms with Crippen LogP contribution in [-0.4, -0.2) is 15.5 Å². The van der Waals surface area contributed by atoms with Gasteiger partial charge in [-0.05, 0) is 30.7 Å². The molecule has 0 aromatic heterocycles. The third kappa shape index (κ3) is 2.48. The van der Waals surface area contributed by atoms with E-state index < -0.39 is 10.0 Å². The van der Waals surface area contributed by atoms with Gasteiger partial charge in [-0.25, -0.2) is 8.42 Å². The largest absolute Gasteiger partial charge is 0.323 e. The lowest BCUT2D eigenvalue weighted by molar-refractivity contribution is 0.594. The molecule has 0 saturated carbocycles. The quantitative estimate of drug-likeness (QED) is 0.668. The van der Waals surface area contributed by atoms with E-state index in [0.29, 0.717) is 11.4 Å². The number of hydrogen-bond acceptors (Lipinski definition) is 4. The Morgan fingerprint density at radius 1 is 1.05 bits per heavy atom. The number of hydrogen-bond donors (Lipinski definition) is 2. The van der Waals surface area contributed by atoms with E-state index in [4.69, 9.17) is 5.84 Å². The lowest BCUT2D eigenvalue weighted by Gasteiger charge is -2.22. The number of nitrogens with zero attached hydrogens (tertiary/aromatic N) is 1. The molecule has 0 radical (unpaired) electrons. The number of nitrogen functional groups attached to an aromatic ring is 1. The van der Waals surface area contributed by atoms with Crippen LogP contribution in [0.3, 0.4) is 0 Å². The second-order valence-electron chi connectivity index (χ2n) is 4.40. The van der Waals surface area contributed by atoms with Crippen molar-refractivity contribution in [3.05, 3.63) is 54.1 Å². The number of anilines is 2. The lowest BCUT2D eigenvalue weighted by Crippen LogP contribution is -2.28. The molecule has 0 aliphatic heterocycles. The van der Waals surface area contributed by atoms with Crippen molar-refractivity contribution in [1.82, 2.24) is 0 Å². The van der Waals surface area contributed by atoms with Gasteiger partial charge < -0.3 is 5.43 Å². The van der Waals surface area contributed by atoms with Gasteiger partial charge in [0.2, 0.25) is 0 Å². The van der Waals surface area contributed by atoms with Crippen molar-refractivity contribution < 1.29 is 8.42 Å². The van der Waals surface area contributed by atoms with Gasteiger partial charge in [0.05, 0.1) is 11.4 Å². The van der Waals surface area contributed by atoms with Crippen molar-refractivity contribution >= 4 is 21.4 Å². The number of benzene rings is 2. The Morgan fingerprint density at radius 3 is 2.30 bits per heavy atom. The summed E-state index contributed by atoms with van der Waals surface area (Å²) < 4.78 is 26.7. The highest BCUT2D eigenvalue weighted by molar-refractivity contribution is 7.93. The first kappa shape index (κ1) is 14.4. The van der Waals surface area contributed by atoms with Gasteiger partial charge in [0.25, 0.3) is 10.0 Å². The zero-order valence-corrected chi connectivity index (χ0v) is 12.2. The van der Waals surface area contributed by atoms with Crippen LogP contribution in [0, 0.1) is 6.92 Å². The number of sulfonamides is 1. The van der Waals surface area contributed by atoms with Crippen molar-refractivity contribution in [3.8, 4) is 0 Å². The molecular weight excluding hydrogens is 274 g/mol. The van der Waals surface area contributed by atoms with Gasteiger partial charge in [0.1, 0.15) is 4.90 Å². The summed E-state index contributed by atoms with van der Waals surface area (Å²) in [7, 11) is -2.13. The number of para-hydroxylation sites is 2. The monoisotopic (exact) mass is 291 g/mol. The van der Waals surface area contributed by atoms with Crippen LogP contribution in [0.4, 0.5) is 11.4 Å². The van der Waals surface area contributed by atoms with Crippen LogP contribution in [-0.2, 0) is 10.0 Å². The van der Waals surface area contributed by atoms with E-state index in [-0.39, 0.29) is 4.90 Å². The number of rotatable bonds is 4. The maximum Gasteiger partial charge on any atom is 0.266 e. The molecule has 2 rings (SSSR count). The van der Waals surface area contributed by atoms with Gasteiger partial charge >= 0.3 is 0 Å². The van der Waals surface area contributed by atoms with Crippen LogP contribution in [0.2, 0.25) is 0 Å². The number of aryl methyl sites for hydroxylation is 1. The van der Waals surface area contributed by atoms with Crippen LogP contribution in [0.25, 0.3) is 0 Å². The predicted molar refractivity (Wildman–Crippen MR) is 81.0 cm³/mol. The van der Waals surface area contributed by atoms with E-state index in [0.717, 1.165) is 5.56 Å². The van der Waals surface area contributed by atoms with Gasteiger partial charge in [0, 0.05) is 7.05 Å². The summed E-state index contributed by atoms with van der Waals surface area (Å²) in [6.07, 6.45) is 0. The SMILES string of the molecule is Cc1ccccc1N(C)S(=O)(=O)c1ccccc1NN. The minimum atomic E-state index is -3.67. The van der Waals surface area contributed by atoms with E-state index >= 15 is 0 Å². The van der Waals surface area contributed by atoms with Gasteiger partial charge in [-0.3, -0.25) is 10.1 Å². The number of nitrogens with two attached hydrogens (primary N) is 1. The fourth-order valence-corrected chi connectivity index (χ4v) is 3.42. The lowest BCUT2D eigenvalue weighted by atomic mass is 10.2. The van der Waals surface area contributed by atoms with Crippen LogP contribution in [0.15, 0.2) is 53.4 Å². The summed E-state index contributed by atoms with van der Waals surface area (Å²) in [5.41, 5.74) is 4.31. The second kappa shape index (κ2) is 5.52. The molecule has 0 aliphatic carbocycles. The Hall–Kier alpha value is -2.05. The second-order valence-corrected chi connectivity index (χ2v) is 6.34. The molecule has 20 heavy (non-hydrogen) atoms. The Bertz CT molecular complexity index is 714. The smallest absolute Gasteiger partial charge is 0.266 e. The highest BCUT2D eigenvalue weighted by Crippen LogP contribution is 2.28. The van der Waals surface area contributed by atoms with Crippen molar-refractivity contribution in [1.29, 1.82) is 0 Å². The molecule has 0 atom stereocenters. The molecule has 0 heterocycles. The van der Waals surface area contributed by atoms with Crippen molar-refractivity contribution in [3.63, 3.8) is 0 Å². The molecular formula is C14H17N3O2S. The van der Waals surface area contributed by atoms with E-state index in [1.54, 1.807) is 30.3 Å². The summed E-state index contributed by atoms with van der Waals surface area (Å²) in [6, 6.07) is 13.9. The Kier molecular flexibility index (Phi) is 3.96. The van der Waals surface area contributed by atoms with Crippen molar-refractivity contribution in [2.45, 2.75) is 11.8 Å². The normalized spacial score (nSPS) is 11.2. The van der Waals surface area contributed by atoms with E-state index in [1.165, 1.54) is 17.4 Å². The molecule has 106 valence electrons. The average Bonchev–Trinajstić information content (AvgIpc) is 2.47. The Morgan fingerprint density at radius 2 is 1.65 bits per heavy atom. The van der Waals surface area contributed by atoms with Gasteiger partial charge in [-0.1, -0.05) is 30.3 Å². The van der Waals surface area contributed by atoms with E-state index in [9.17, 15) is 8.42 Å². The van der Waals surface area contributed by atoms with Crippen LogP contribution >= 0.6 is 0 Å². The fourth-order valence-electron chi connectivity index (χ4n) is 2.00. The molecule has 0 amide bonds. The zero-order valence-electron chi connectivity index (χ0n) is 11.4. The molecule has 0 saturated heterocycles. The zero-order chi connectivity index (χ0) is 14.8. The molecule has 0 aliphatic rings. The van der Waals surface area contributed by atoms with Gasteiger partial charge in [0.15, 0.2) is 0 Å². The van der Waals surface area contributed by atoms with Crippen molar-refractivity contribution in [2.24, 2.45) is 5.84 Å². The van der Waals surface area contributed by atoms with Crippen LogP contribution < -0.4 is 15.6 Å². The third-order valence-electron chi connectivity index (χ3n) is 3.14. The van der Waals surface area contributed by atoms with E-state index in [1.807, 2.05) is 19.1 Å². The summed E-state index contributed by atoms with van der Waals surface area (Å²) in [6.45, 7) is 1.87. The molecule has 0 spiro atoms. The summed E-state index contributed by atoms with van der Waals surface area (Å²) in [4.78, 5) is 0.147. The molecule has 2 aromatic carbocycles. The first-order valence-corrected chi connectivity index (χ1v) is 7.52. The fraction of sp³-hybridized carbons (Fsp3) is 0.143. The topological polar surface area (TPSA) is 75.4 Å². The Labute approximate surface area is 119 Å². The first-order chi connectivity index (χ1) is 9.48. The number of nitrogens with one attached hydrogen (secondary N) is 1. The van der Waals surface area contributed by atoms with Gasteiger partial charge in [-0.15, -0.1) is 0 Å². The highest BCUT2D eigenvalue weighted by atomic mass is 32.2. The molecule has 0 unspecified atom stereocenters. The Balaban J connectivity index is 2.53.